The third-order valence-corrected chi connectivity index (χ3v) is 2.59. The van der Waals surface area contributed by atoms with E-state index in [1.165, 1.54) is 6.07 Å². The number of halogens is 3. The molecule has 1 aromatic rings. The van der Waals surface area contributed by atoms with E-state index in [2.05, 4.69) is 15.9 Å². The van der Waals surface area contributed by atoms with Gasteiger partial charge in [0, 0.05) is 10.9 Å². The van der Waals surface area contributed by atoms with E-state index in [9.17, 15) is 9.18 Å². The van der Waals surface area contributed by atoms with Crippen molar-refractivity contribution in [1.82, 2.24) is 0 Å². The summed E-state index contributed by atoms with van der Waals surface area (Å²) >= 11 is 8.74. The first kappa shape index (κ1) is 11.5. The normalized spacial score (nSPS) is 12.5. The Bertz CT molecular complexity index is 359. The zero-order chi connectivity index (χ0) is 10.7. The van der Waals surface area contributed by atoms with Gasteiger partial charge in [-0.2, -0.15) is 0 Å². The molecule has 0 saturated heterocycles. The highest BCUT2D eigenvalue weighted by atomic mass is 79.9. The van der Waals surface area contributed by atoms with E-state index in [4.69, 9.17) is 17.3 Å². The van der Waals surface area contributed by atoms with Crippen molar-refractivity contribution in [2.75, 3.05) is 0 Å². The molecule has 5 heteroatoms. The second-order valence-electron chi connectivity index (χ2n) is 2.81. The van der Waals surface area contributed by atoms with Gasteiger partial charge in [0.2, 0.25) is 5.91 Å². The summed E-state index contributed by atoms with van der Waals surface area (Å²) in [6.07, 6.45) is 0.107. The highest BCUT2D eigenvalue weighted by Gasteiger charge is 2.14. The van der Waals surface area contributed by atoms with Crippen molar-refractivity contribution in [2.45, 2.75) is 11.8 Å². The zero-order valence-corrected chi connectivity index (χ0v) is 9.48. The zero-order valence-electron chi connectivity index (χ0n) is 7.14. The summed E-state index contributed by atoms with van der Waals surface area (Å²) < 4.78 is 13.9. The Labute approximate surface area is 94.4 Å². The van der Waals surface area contributed by atoms with Crippen molar-refractivity contribution in [3.05, 3.63) is 34.1 Å². The fourth-order valence-electron chi connectivity index (χ4n) is 0.981. The standard InChI is InChI=1S/C9H8BrClFNO/c10-6-2-1-5(8(12)4-6)3-7(11)9(13)14/h1-2,4,7H,3H2,(H2,13,14). The molecule has 0 radical (unpaired) electrons. The number of primary amides is 1. The van der Waals surface area contributed by atoms with Gasteiger partial charge in [0.1, 0.15) is 11.2 Å². The first-order valence-corrected chi connectivity index (χ1v) is 5.11. The summed E-state index contributed by atoms with van der Waals surface area (Å²) in [4.78, 5) is 10.6. The molecular formula is C9H8BrClFNO. The SMILES string of the molecule is NC(=O)C(Cl)Cc1ccc(Br)cc1F. The van der Waals surface area contributed by atoms with Crippen molar-refractivity contribution >= 4 is 33.4 Å². The maximum Gasteiger partial charge on any atom is 0.235 e. The molecule has 2 N–H and O–H groups in total. The van der Waals surface area contributed by atoms with Gasteiger partial charge >= 0.3 is 0 Å². The molecule has 1 aromatic carbocycles. The van der Waals surface area contributed by atoms with Gasteiger partial charge in [-0.15, -0.1) is 11.6 Å². The number of carbonyl (C=O) groups is 1. The third kappa shape index (κ3) is 2.96. The van der Waals surface area contributed by atoms with Crippen LogP contribution in [0, 0.1) is 5.82 Å². The van der Waals surface area contributed by atoms with E-state index < -0.39 is 17.1 Å². The number of carbonyl (C=O) groups excluding carboxylic acids is 1. The van der Waals surface area contributed by atoms with Crippen molar-refractivity contribution in [3.63, 3.8) is 0 Å². The van der Waals surface area contributed by atoms with Gasteiger partial charge in [0.05, 0.1) is 0 Å². The van der Waals surface area contributed by atoms with Crippen LogP contribution in [0.1, 0.15) is 5.56 Å². The highest BCUT2D eigenvalue weighted by molar-refractivity contribution is 9.10. The van der Waals surface area contributed by atoms with Crippen LogP contribution in [0.25, 0.3) is 0 Å². The van der Waals surface area contributed by atoms with E-state index in [1.807, 2.05) is 0 Å². The van der Waals surface area contributed by atoms with Gasteiger partial charge in [-0.1, -0.05) is 22.0 Å². The van der Waals surface area contributed by atoms with Crippen LogP contribution in [-0.4, -0.2) is 11.3 Å². The lowest BCUT2D eigenvalue weighted by Gasteiger charge is -2.06. The molecule has 1 unspecified atom stereocenters. The Morgan fingerprint density at radius 3 is 2.79 bits per heavy atom. The van der Waals surface area contributed by atoms with Crippen LogP contribution in [0.3, 0.4) is 0 Å². The van der Waals surface area contributed by atoms with Gasteiger partial charge in [-0.05, 0) is 17.7 Å². The smallest absolute Gasteiger partial charge is 0.235 e. The summed E-state index contributed by atoms with van der Waals surface area (Å²) in [7, 11) is 0. The molecular weight excluding hydrogens is 272 g/mol. The summed E-state index contributed by atoms with van der Waals surface area (Å²) in [5.41, 5.74) is 5.34. The predicted molar refractivity (Wildman–Crippen MR) is 56.6 cm³/mol. The Hall–Kier alpha value is -0.610. The molecule has 0 heterocycles. The first-order valence-electron chi connectivity index (χ1n) is 3.88. The Kier molecular flexibility index (Phi) is 3.89. The van der Waals surface area contributed by atoms with E-state index in [-0.39, 0.29) is 6.42 Å². The molecule has 0 fully saturated rings. The van der Waals surface area contributed by atoms with Gasteiger partial charge in [0.25, 0.3) is 0 Å². The summed E-state index contributed by atoms with van der Waals surface area (Å²) in [6, 6.07) is 4.57. The van der Waals surface area contributed by atoms with Crippen LogP contribution in [0.5, 0.6) is 0 Å². The van der Waals surface area contributed by atoms with Gasteiger partial charge < -0.3 is 5.73 Å². The van der Waals surface area contributed by atoms with Gasteiger partial charge in [-0.3, -0.25) is 4.79 Å². The number of hydrogen-bond acceptors (Lipinski definition) is 1. The van der Waals surface area contributed by atoms with Crippen LogP contribution >= 0.6 is 27.5 Å². The summed E-state index contributed by atoms with van der Waals surface area (Å²) in [5, 5.41) is -0.870. The lowest BCUT2D eigenvalue weighted by atomic mass is 10.1. The molecule has 1 rings (SSSR count). The van der Waals surface area contributed by atoms with Crippen LogP contribution < -0.4 is 5.73 Å². The van der Waals surface area contributed by atoms with E-state index >= 15 is 0 Å². The third-order valence-electron chi connectivity index (χ3n) is 1.72. The summed E-state index contributed by atoms with van der Waals surface area (Å²) in [5.74, 6) is -1.04. The molecule has 0 bridgehead atoms. The molecule has 1 amide bonds. The molecule has 1 atom stereocenters. The number of alkyl halides is 1. The van der Waals surface area contributed by atoms with Crippen molar-refractivity contribution in [2.24, 2.45) is 5.73 Å². The minimum atomic E-state index is -0.870. The fraction of sp³-hybridized carbons (Fsp3) is 0.222. The Balaban J connectivity index is 2.82. The fourth-order valence-corrected chi connectivity index (χ4v) is 1.48. The van der Waals surface area contributed by atoms with E-state index in [1.54, 1.807) is 12.1 Å². The second-order valence-corrected chi connectivity index (χ2v) is 4.25. The lowest BCUT2D eigenvalue weighted by molar-refractivity contribution is -0.117. The molecule has 76 valence electrons. The molecule has 14 heavy (non-hydrogen) atoms. The van der Waals surface area contributed by atoms with Gasteiger partial charge in [-0.25, -0.2) is 4.39 Å². The molecule has 0 aliphatic rings. The average molecular weight is 281 g/mol. The monoisotopic (exact) mass is 279 g/mol. The predicted octanol–water partition coefficient (Wildman–Crippen LogP) is 2.22. The molecule has 2 nitrogen and oxygen atoms in total. The minimum absolute atomic E-state index is 0.107. The van der Waals surface area contributed by atoms with E-state index in [0.29, 0.717) is 10.0 Å². The summed E-state index contributed by atoms with van der Waals surface area (Å²) in [6.45, 7) is 0. The minimum Gasteiger partial charge on any atom is -0.368 e. The van der Waals surface area contributed by atoms with Crippen molar-refractivity contribution < 1.29 is 9.18 Å². The number of hydrogen-bond donors (Lipinski definition) is 1. The molecule has 0 spiro atoms. The van der Waals surface area contributed by atoms with Crippen LogP contribution in [-0.2, 0) is 11.2 Å². The van der Waals surface area contributed by atoms with Gasteiger partial charge in [0.15, 0.2) is 0 Å². The van der Waals surface area contributed by atoms with E-state index in [0.717, 1.165) is 0 Å². The largest absolute Gasteiger partial charge is 0.368 e. The number of nitrogens with two attached hydrogens (primary N) is 1. The second kappa shape index (κ2) is 4.75. The Morgan fingerprint density at radius 2 is 2.29 bits per heavy atom. The molecule has 0 aliphatic carbocycles. The lowest BCUT2D eigenvalue weighted by Crippen LogP contribution is -2.25. The quantitative estimate of drug-likeness (QED) is 0.848. The van der Waals surface area contributed by atoms with Crippen LogP contribution in [0.15, 0.2) is 22.7 Å². The maximum atomic E-state index is 13.2. The van der Waals surface area contributed by atoms with Crippen LogP contribution in [0.4, 0.5) is 4.39 Å². The van der Waals surface area contributed by atoms with Crippen molar-refractivity contribution in [1.29, 1.82) is 0 Å². The molecule has 0 aromatic heterocycles. The Morgan fingerprint density at radius 1 is 1.64 bits per heavy atom. The van der Waals surface area contributed by atoms with Crippen LogP contribution in [0.2, 0.25) is 0 Å². The number of benzene rings is 1. The maximum absolute atomic E-state index is 13.2. The average Bonchev–Trinajstić information content (AvgIpc) is 2.09. The highest BCUT2D eigenvalue weighted by Crippen LogP contribution is 2.17. The van der Waals surface area contributed by atoms with Crippen molar-refractivity contribution in [3.8, 4) is 0 Å². The molecule has 0 aliphatic heterocycles. The number of rotatable bonds is 3. The first-order chi connectivity index (χ1) is 6.50. The number of amides is 1. The topological polar surface area (TPSA) is 43.1 Å². The molecule has 0 saturated carbocycles.